The van der Waals surface area contributed by atoms with Crippen LogP contribution in [0.15, 0.2) is 70.2 Å². The van der Waals surface area contributed by atoms with Gasteiger partial charge >= 0.3 is 0 Å². The molecule has 0 heterocycles. The minimum Gasteiger partial charge on any atom is -0.493 e. The molecule has 0 saturated heterocycles. The largest absolute Gasteiger partial charge is 0.493 e. The van der Waals surface area contributed by atoms with Crippen LogP contribution in [0.1, 0.15) is 16.7 Å². The second-order valence-corrected chi connectivity index (χ2v) is 10.6. The Labute approximate surface area is 217 Å². The van der Waals surface area contributed by atoms with Crippen LogP contribution in [0.25, 0.3) is 0 Å². The summed E-state index contributed by atoms with van der Waals surface area (Å²) in [5, 5.41) is 3.91. The van der Waals surface area contributed by atoms with Gasteiger partial charge in [0.05, 0.1) is 29.7 Å². The van der Waals surface area contributed by atoms with Crippen LogP contribution in [-0.2, 0) is 21.4 Å². The van der Waals surface area contributed by atoms with E-state index in [4.69, 9.17) is 9.47 Å². The average Bonchev–Trinajstić information content (AvgIpc) is 2.82. The highest BCUT2D eigenvalue weighted by atomic mass is 79.9. The van der Waals surface area contributed by atoms with Crippen molar-refractivity contribution in [2.45, 2.75) is 13.5 Å². The Morgan fingerprint density at radius 1 is 1.14 bits per heavy atom. The zero-order valence-corrected chi connectivity index (χ0v) is 22.3. The molecular weight excluding hydrogens is 553 g/mol. The van der Waals surface area contributed by atoms with E-state index in [1.165, 1.54) is 25.5 Å². The molecule has 0 aliphatic heterocycles. The maximum atomic E-state index is 13.2. The predicted molar refractivity (Wildman–Crippen MR) is 141 cm³/mol. The van der Waals surface area contributed by atoms with Crippen LogP contribution >= 0.6 is 15.9 Å². The number of methoxy groups -OCH3 is 1. The van der Waals surface area contributed by atoms with Gasteiger partial charge in [-0.25, -0.2) is 18.2 Å². The van der Waals surface area contributed by atoms with Gasteiger partial charge in [-0.1, -0.05) is 29.8 Å². The molecule has 3 aromatic rings. The van der Waals surface area contributed by atoms with Crippen molar-refractivity contribution < 1.29 is 27.1 Å². The number of rotatable bonds is 10. The summed E-state index contributed by atoms with van der Waals surface area (Å²) < 4.78 is 50.3. The highest BCUT2D eigenvalue weighted by Crippen LogP contribution is 2.36. The summed E-state index contributed by atoms with van der Waals surface area (Å²) in [5.41, 5.74) is 5.22. The standard InChI is InChI=1S/C25H25BrFN3O5S/c1-17-4-6-18(7-5-17)16-35-25-22(26)12-19(13-23(25)34-2)14-28-29-24(31)15-30(36(3,32)33)21-10-8-20(27)9-11-21/h4-14H,15-16H2,1-3H3,(H,29,31)/b28-14-. The lowest BCUT2D eigenvalue weighted by Crippen LogP contribution is -2.39. The van der Waals surface area contributed by atoms with E-state index in [0.29, 0.717) is 28.1 Å². The molecule has 0 unspecified atom stereocenters. The fourth-order valence-corrected chi connectivity index (χ4v) is 4.58. The molecule has 0 aliphatic rings. The summed E-state index contributed by atoms with van der Waals surface area (Å²) in [6.07, 6.45) is 2.34. The number of carbonyl (C=O) groups excluding carboxylic acids is 1. The summed E-state index contributed by atoms with van der Waals surface area (Å²) in [6.45, 7) is 1.84. The Hall–Kier alpha value is -3.44. The fourth-order valence-electron chi connectivity index (χ4n) is 3.15. The Balaban J connectivity index is 1.67. The number of aryl methyl sites for hydroxylation is 1. The summed E-state index contributed by atoms with van der Waals surface area (Å²) in [4.78, 5) is 12.4. The number of anilines is 1. The van der Waals surface area contributed by atoms with Gasteiger partial charge in [-0.05, 0) is 70.4 Å². The van der Waals surface area contributed by atoms with Crippen molar-refractivity contribution in [3.8, 4) is 11.5 Å². The molecule has 190 valence electrons. The second kappa shape index (κ2) is 12.0. The first-order valence-electron chi connectivity index (χ1n) is 10.7. The van der Waals surface area contributed by atoms with Gasteiger partial charge in [0, 0.05) is 0 Å². The molecule has 0 aliphatic carbocycles. The van der Waals surface area contributed by atoms with Crippen molar-refractivity contribution in [2.75, 3.05) is 24.2 Å². The third-order valence-corrected chi connectivity index (χ3v) is 6.69. The lowest BCUT2D eigenvalue weighted by molar-refractivity contribution is -0.119. The zero-order chi connectivity index (χ0) is 26.3. The number of nitrogens with one attached hydrogen (secondary N) is 1. The van der Waals surface area contributed by atoms with E-state index in [-0.39, 0.29) is 5.69 Å². The number of ether oxygens (including phenoxy) is 2. The predicted octanol–water partition coefficient (Wildman–Crippen LogP) is 4.40. The lowest BCUT2D eigenvalue weighted by Gasteiger charge is -2.21. The van der Waals surface area contributed by atoms with Gasteiger partial charge in [0.2, 0.25) is 10.0 Å². The molecular formula is C25H25BrFN3O5S. The minimum atomic E-state index is -3.79. The SMILES string of the molecule is COc1cc(/C=N\NC(=O)CN(c2ccc(F)cc2)S(C)(=O)=O)cc(Br)c1OCc1ccc(C)cc1. The highest BCUT2D eigenvalue weighted by molar-refractivity contribution is 9.10. The van der Waals surface area contributed by atoms with Crippen molar-refractivity contribution in [1.29, 1.82) is 0 Å². The van der Waals surface area contributed by atoms with Crippen molar-refractivity contribution in [2.24, 2.45) is 5.10 Å². The summed E-state index contributed by atoms with van der Waals surface area (Å²) in [7, 11) is -2.28. The number of hydrogen-bond donors (Lipinski definition) is 1. The topological polar surface area (TPSA) is 97.3 Å². The number of hydrogen-bond acceptors (Lipinski definition) is 6. The van der Waals surface area contributed by atoms with Crippen molar-refractivity contribution in [3.05, 3.63) is 87.6 Å². The molecule has 0 radical (unpaired) electrons. The van der Waals surface area contributed by atoms with E-state index in [9.17, 15) is 17.6 Å². The van der Waals surface area contributed by atoms with Gasteiger partial charge in [0.1, 0.15) is 19.0 Å². The Morgan fingerprint density at radius 2 is 1.81 bits per heavy atom. The smallest absolute Gasteiger partial charge is 0.260 e. The number of carbonyl (C=O) groups is 1. The van der Waals surface area contributed by atoms with Gasteiger partial charge in [-0.3, -0.25) is 9.10 Å². The van der Waals surface area contributed by atoms with Crippen molar-refractivity contribution >= 4 is 43.8 Å². The minimum absolute atomic E-state index is 0.160. The van der Waals surface area contributed by atoms with Crippen LogP contribution in [-0.4, -0.2) is 40.4 Å². The Bertz CT molecular complexity index is 1350. The molecule has 0 bridgehead atoms. The number of nitrogens with zero attached hydrogens (tertiary/aromatic N) is 2. The second-order valence-electron chi connectivity index (χ2n) is 7.85. The first kappa shape index (κ1) is 27.2. The first-order valence-corrected chi connectivity index (χ1v) is 13.3. The lowest BCUT2D eigenvalue weighted by atomic mass is 10.2. The van der Waals surface area contributed by atoms with Crippen molar-refractivity contribution in [1.82, 2.24) is 5.43 Å². The fraction of sp³-hybridized carbons (Fsp3) is 0.200. The molecule has 8 nitrogen and oxygen atoms in total. The van der Waals surface area contributed by atoms with Crippen LogP contribution in [0.2, 0.25) is 0 Å². The molecule has 1 N–H and O–H groups in total. The van der Waals surface area contributed by atoms with E-state index in [2.05, 4.69) is 26.5 Å². The van der Waals surface area contributed by atoms with Gasteiger partial charge in [-0.15, -0.1) is 0 Å². The highest BCUT2D eigenvalue weighted by Gasteiger charge is 2.20. The van der Waals surface area contributed by atoms with Crippen LogP contribution < -0.4 is 19.2 Å². The quantitative estimate of drug-likeness (QED) is 0.284. The summed E-state index contributed by atoms with van der Waals surface area (Å²) >= 11 is 3.48. The van der Waals surface area contributed by atoms with E-state index in [1.54, 1.807) is 12.1 Å². The number of benzene rings is 3. The molecule has 3 rings (SSSR count). The molecule has 0 spiro atoms. The normalized spacial score (nSPS) is 11.4. The Morgan fingerprint density at radius 3 is 2.42 bits per heavy atom. The number of hydrazone groups is 1. The van der Waals surface area contributed by atoms with E-state index in [0.717, 1.165) is 33.8 Å². The van der Waals surface area contributed by atoms with Crippen LogP contribution in [0, 0.1) is 12.7 Å². The summed E-state index contributed by atoms with van der Waals surface area (Å²) in [6, 6.07) is 16.2. The number of amides is 1. The van der Waals surface area contributed by atoms with E-state index >= 15 is 0 Å². The molecule has 0 aromatic heterocycles. The Kier molecular flexibility index (Phi) is 9.05. The molecule has 1 amide bonds. The number of sulfonamides is 1. The molecule has 11 heteroatoms. The zero-order valence-electron chi connectivity index (χ0n) is 19.9. The maximum Gasteiger partial charge on any atom is 0.260 e. The van der Waals surface area contributed by atoms with Crippen LogP contribution in [0.5, 0.6) is 11.5 Å². The van der Waals surface area contributed by atoms with Crippen LogP contribution in [0.3, 0.4) is 0 Å². The van der Waals surface area contributed by atoms with Gasteiger partial charge in [0.25, 0.3) is 5.91 Å². The molecule has 3 aromatic carbocycles. The van der Waals surface area contributed by atoms with E-state index in [1.807, 2.05) is 31.2 Å². The monoisotopic (exact) mass is 577 g/mol. The van der Waals surface area contributed by atoms with Crippen molar-refractivity contribution in [3.63, 3.8) is 0 Å². The van der Waals surface area contributed by atoms with Crippen LogP contribution in [0.4, 0.5) is 10.1 Å². The first-order chi connectivity index (χ1) is 17.1. The third kappa shape index (κ3) is 7.53. The van der Waals surface area contributed by atoms with Gasteiger partial charge in [0.15, 0.2) is 11.5 Å². The molecule has 0 fully saturated rings. The summed E-state index contributed by atoms with van der Waals surface area (Å²) in [5.74, 6) is -0.217. The number of halogens is 2. The molecule has 36 heavy (non-hydrogen) atoms. The maximum absolute atomic E-state index is 13.2. The van der Waals surface area contributed by atoms with E-state index < -0.39 is 28.3 Å². The molecule has 0 atom stereocenters. The molecule has 0 saturated carbocycles. The average molecular weight is 578 g/mol. The van der Waals surface area contributed by atoms with Gasteiger partial charge < -0.3 is 9.47 Å². The third-order valence-electron chi connectivity index (χ3n) is 4.96. The van der Waals surface area contributed by atoms with Gasteiger partial charge in [-0.2, -0.15) is 5.10 Å².